The van der Waals surface area contributed by atoms with Crippen molar-refractivity contribution in [1.29, 1.82) is 0 Å². The lowest BCUT2D eigenvalue weighted by Crippen LogP contribution is -2.43. The maximum absolute atomic E-state index is 3.41. The van der Waals surface area contributed by atoms with Crippen molar-refractivity contribution >= 4 is 5.69 Å². The van der Waals surface area contributed by atoms with Gasteiger partial charge in [0.15, 0.2) is 0 Å². The number of rotatable bonds is 4. The van der Waals surface area contributed by atoms with Crippen molar-refractivity contribution < 1.29 is 0 Å². The summed E-state index contributed by atoms with van der Waals surface area (Å²) in [7, 11) is 4.47. The van der Waals surface area contributed by atoms with Gasteiger partial charge in [-0.15, -0.1) is 0 Å². The van der Waals surface area contributed by atoms with Crippen LogP contribution in [0, 0.1) is 0 Å². The molecule has 0 aliphatic carbocycles. The number of piperidine rings is 1. The van der Waals surface area contributed by atoms with E-state index in [1.807, 2.05) is 0 Å². The number of likely N-dealkylation sites (tertiary alicyclic amines) is 1. The van der Waals surface area contributed by atoms with Crippen molar-refractivity contribution in [2.75, 3.05) is 58.3 Å². The van der Waals surface area contributed by atoms with E-state index in [9.17, 15) is 0 Å². The summed E-state index contributed by atoms with van der Waals surface area (Å²) in [6.07, 6.45) is 2.55. The summed E-state index contributed by atoms with van der Waals surface area (Å²) in [5, 5.41) is 3.41. The molecule has 2 heterocycles. The summed E-state index contributed by atoms with van der Waals surface area (Å²) in [5.41, 5.74) is 2.79. The molecule has 2 saturated heterocycles. The van der Waals surface area contributed by atoms with E-state index in [0.29, 0.717) is 6.04 Å². The average Bonchev–Trinajstić information content (AvgIpc) is 2.57. The number of nitrogens with zero attached hydrogens (tertiary/aromatic N) is 3. The Morgan fingerprint density at radius 3 is 2.32 bits per heavy atom. The highest BCUT2D eigenvalue weighted by molar-refractivity contribution is 5.48. The fourth-order valence-corrected chi connectivity index (χ4v) is 3.56. The van der Waals surface area contributed by atoms with Crippen LogP contribution in [0.2, 0.25) is 0 Å². The van der Waals surface area contributed by atoms with Crippen LogP contribution in [0.15, 0.2) is 24.3 Å². The van der Waals surface area contributed by atoms with Gasteiger partial charge in [0.05, 0.1) is 0 Å². The lowest BCUT2D eigenvalue weighted by molar-refractivity contribution is 0.233. The van der Waals surface area contributed by atoms with Gasteiger partial charge >= 0.3 is 0 Å². The predicted molar refractivity (Wildman–Crippen MR) is 93.5 cm³/mol. The van der Waals surface area contributed by atoms with Crippen LogP contribution >= 0.6 is 0 Å². The van der Waals surface area contributed by atoms with E-state index in [1.54, 1.807) is 0 Å². The fourth-order valence-electron chi connectivity index (χ4n) is 3.56. The van der Waals surface area contributed by atoms with Gasteiger partial charge in [0.25, 0.3) is 0 Å². The standard InChI is InChI=1S/C18H30N4/c1-20-11-7-18(8-12-20)21(2)17-5-3-16(4-6-17)15-22-13-9-19-10-14-22/h3-6,18-19H,7-15H2,1-2H3. The van der Waals surface area contributed by atoms with Crippen LogP contribution in [-0.4, -0.2) is 69.2 Å². The van der Waals surface area contributed by atoms with Gasteiger partial charge in [0.1, 0.15) is 0 Å². The normalized spacial score (nSPS) is 21.9. The first-order chi connectivity index (χ1) is 10.7. The molecule has 1 N–H and O–H groups in total. The third-order valence-electron chi connectivity index (χ3n) is 5.20. The third-order valence-corrected chi connectivity index (χ3v) is 5.20. The van der Waals surface area contributed by atoms with Crippen LogP contribution in [0.25, 0.3) is 0 Å². The van der Waals surface area contributed by atoms with E-state index in [1.165, 1.54) is 37.2 Å². The maximum Gasteiger partial charge on any atom is 0.0366 e. The molecule has 0 aromatic heterocycles. The third kappa shape index (κ3) is 4.00. The van der Waals surface area contributed by atoms with Crippen molar-refractivity contribution in [2.45, 2.75) is 25.4 Å². The number of piperazine rings is 1. The van der Waals surface area contributed by atoms with E-state index < -0.39 is 0 Å². The van der Waals surface area contributed by atoms with Crippen molar-refractivity contribution in [3.8, 4) is 0 Å². The Morgan fingerprint density at radius 1 is 1.05 bits per heavy atom. The molecule has 1 aromatic carbocycles. The van der Waals surface area contributed by atoms with Crippen molar-refractivity contribution in [2.24, 2.45) is 0 Å². The second-order valence-corrected chi connectivity index (χ2v) is 6.84. The molecule has 2 aliphatic rings. The number of hydrogen-bond acceptors (Lipinski definition) is 4. The molecule has 0 radical (unpaired) electrons. The zero-order chi connectivity index (χ0) is 15.4. The highest BCUT2D eigenvalue weighted by Crippen LogP contribution is 2.22. The first-order valence-corrected chi connectivity index (χ1v) is 8.66. The molecule has 0 saturated carbocycles. The molecule has 0 atom stereocenters. The van der Waals surface area contributed by atoms with Gasteiger partial charge < -0.3 is 15.1 Å². The Labute approximate surface area is 135 Å². The molecule has 22 heavy (non-hydrogen) atoms. The van der Waals surface area contributed by atoms with Crippen LogP contribution in [-0.2, 0) is 6.54 Å². The minimum Gasteiger partial charge on any atom is -0.372 e. The summed E-state index contributed by atoms with van der Waals surface area (Å²) >= 11 is 0. The zero-order valence-electron chi connectivity index (χ0n) is 14.1. The van der Waals surface area contributed by atoms with Crippen LogP contribution in [0.4, 0.5) is 5.69 Å². The van der Waals surface area contributed by atoms with Crippen LogP contribution in [0.1, 0.15) is 18.4 Å². The lowest BCUT2D eigenvalue weighted by atomic mass is 10.0. The van der Waals surface area contributed by atoms with Gasteiger partial charge in [-0.25, -0.2) is 0 Å². The Bertz CT molecular complexity index is 445. The average molecular weight is 302 g/mol. The SMILES string of the molecule is CN1CCC(N(C)c2ccc(CN3CCNCC3)cc2)CC1. The molecular weight excluding hydrogens is 272 g/mol. The quantitative estimate of drug-likeness (QED) is 0.912. The molecule has 0 spiro atoms. The van der Waals surface area contributed by atoms with E-state index >= 15 is 0 Å². The van der Waals surface area contributed by atoms with Gasteiger partial charge in [-0.05, 0) is 50.7 Å². The van der Waals surface area contributed by atoms with Gasteiger partial charge in [0.2, 0.25) is 0 Å². The largest absolute Gasteiger partial charge is 0.372 e. The first-order valence-electron chi connectivity index (χ1n) is 8.66. The second-order valence-electron chi connectivity index (χ2n) is 6.84. The van der Waals surface area contributed by atoms with Crippen LogP contribution in [0.3, 0.4) is 0 Å². The highest BCUT2D eigenvalue weighted by Gasteiger charge is 2.20. The van der Waals surface area contributed by atoms with Gasteiger partial charge in [-0.1, -0.05) is 12.1 Å². The van der Waals surface area contributed by atoms with E-state index in [2.05, 4.69) is 58.4 Å². The van der Waals surface area contributed by atoms with E-state index in [4.69, 9.17) is 0 Å². The number of benzene rings is 1. The number of anilines is 1. The molecule has 122 valence electrons. The molecule has 4 heteroatoms. The van der Waals surface area contributed by atoms with E-state index in [-0.39, 0.29) is 0 Å². The Morgan fingerprint density at radius 2 is 1.68 bits per heavy atom. The molecule has 2 fully saturated rings. The van der Waals surface area contributed by atoms with E-state index in [0.717, 1.165) is 32.7 Å². The summed E-state index contributed by atoms with van der Waals surface area (Å²) in [6, 6.07) is 9.91. The lowest BCUT2D eigenvalue weighted by Gasteiger charge is -2.36. The fraction of sp³-hybridized carbons (Fsp3) is 0.667. The summed E-state index contributed by atoms with van der Waals surface area (Å²) < 4.78 is 0. The smallest absolute Gasteiger partial charge is 0.0366 e. The summed E-state index contributed by atoms with van der Waals surface area (Å²) in [6.45, 7) is 8.09. The molecular formula is C18H30N4. The topological polar surface area (TPSA) is 21.8 Å². The number of hydrogen-bond donors (Lipinski definition) is 1. The van der Waals surface area contributed by atoms with Gasteiger partial charge in [0, 0.05) is 51.5 Å². The summed E-state index contributed by atoms with van der Waals surface area (Å²) in [4.78, 5) is 7.44. The number of nitrogens with one attached hydrogen (secondary N) is 1. The molecule has 0 bridgehead atoms. The molecule has 0 unspecified atom stereocenters. The highest BCUT2D eigenvalue weighted by atomic mass is 15.2. The van der Waals surface area contributed by atoms with Crippen molar-refractivity contribution in [3.63, 3.8) is 0 Å². The van der Waals surface area contributed by atoms with Crippen LogP contribution < -0.4 is 10.2 Å². The molecule has 4 nitrogen and oxygen atoms in total. The first kappa shape index (κ1) is 15.8. The monoisotopic (exact) mass is 302 g/mol. The molecule has 3 rings (SSSR count). The van der Waals surface area contributed by atoms with Crippen LogP contribution in [0.5, 0.6) is 0 Å². The summed E-state index contributed by atoms with van der Waals surface area (Å²) in [5.74, 6) is 0. The van der Waals surface area contributed by atoms with Crippen molar-refractivity contribution in [1.82, 2.24) is 15.1 Å². The minimum absolute atomic E-state index is 0.690. The molecule has 1 aromatic rings. The maximum atomic E-state index is 3.41. The Balaban J connectivity index is 1.56. The Hall–Kier alpha value is -1.10. The van der Waals surface area contributed by atoms with Crippen molar-refractivity contribution in [3.05, 3.63) is 29.8 Å². The molecule has 2 aliphatic heterocycles. The zero-order valence-corrected chi connectivity index (χ0v) is 14.1. The van der Waals surface area contributed by atoms with Gasteiger partial charge in [-0.2, -0.15) is 0 Å². The molecule has 0 amide bonds. The predicted octanol–water partition coefficient (Wildman–Crippen LogP) is 1.62. The minimum atomic E-state index is 0.690. The second kappa shape index (κ2) is 7.44. The Kier molecular flexibility index (Phi) is 5.34. The van der Waals surface area contributed by atoms with Gasteiger partial charge in [-0.3, -0.25) is 4.90 Å².